The molecule has 21 heavy (non-hydrogen) atoms. The SMILES string of the molecule is Nc1c(F)cc(C(F)(F)F)cc1C#Cc1ccc(F)cc1. The van der Waals surface area contributed by atoms with Gasteiger partial charge in [-0.1, -0.05) is 11.8 Å². The second-order valence-corrected chi connectivity index (χ2v) is 4.17. The number of benzene rings is 2. The van der Waals surface area contributed by atoms with Gasteiger partial charge in [-0.3, -0.25) is 0 Å². The van der Waals surface area contributed by atoms with E-state index < -0.39 is 29.1 Å². The van der Waals surface area contributed by atoms with Crippen LogP contribution in [0.1, 0.15) is 16.7 Å². The summed E-state index contributed by atoms with van der Waals surface area (Å²) in [5.74, 6) is 3.21. The number of halogens is 5. The van der Waals surface area contributed by atoms with Crippen molar-refractivity contribution in [1.82, 2.24) is 0 Å². The van der Waals surface area contributed by atoms with Gasteiger partial charge in [-0.15, -0.1) is 0 Å². The van der Waals surface area contributed by atoms with E-state index >= 15 is 0 Å². The Kier molecular flexibility index (Phi) is 3.85. The largest absolute Gasteiger partial charge is 0.416 e. The van der Waals surface area contributed by atoms with E-state index in [1.807, 2.05) is 0 Å². The minimum Gasteiger partial charge on any atom is -0.395 e. The van der Waals surface area contributed by atoms with Gasteiger partial charge in [0.15, 0.2) is 0 Å². The molecule has 0 unspecified atom stereocenters. The van der Waals surface area contributed by atoms with Gasteiger partial charge in [0.25, 0.3) is 0 Å². The van der Waals surface area contributed by atoms with Crippen molar-refractivity contribution < 1.29 is 22.0 Å². The minimum absolute atomic E-state index is 0.272. The van der Waals surface area contributed by atoms with Crippen molar-refractivity contribution in [3.8, 4) is 11.8 Å². The number of rotatable bonds is 0. The number of nitrogen functional groups attached to an aromatic ring is 1. The Balaban J connectivity index is 2.45. The summed E-state index contributed by atoms with van der Waals surface area (Å²) in [6, 6.07) is 6.00. The molecule has 108 valence electrons. The molecular formula is C15H8F5N. The fourth-order valence-electron chi connectivity index (χ4n) is 1.56. The summed E-state index contributed by atoms with van der Waals surface area (Å²) in [5, 5.41) is 0. The molecule has 0 bridgehead atoms. The molecule has 0 spiro atoms. The first-order valence-electron chi connectivity index (χ1n) is 5.71. The van der Waals surface area contributed by atoms with Crippen molar-refractivity contribution in [2.24, 2.45) is 0 Å². The summed E-state index contributed by atoms with van der Waals surface area (Å²) >= 11 is 0. The molecule has 0 fully saturated rings. The fraction of sp³-hybridized carbons (Fsp3) is 0.0667. The van der Waals surface area contributed by atoms with E-state index in [2.05, 4.69) is 11.8 Å². The summed E-state index contributed by atoms with van der Waals surface area (Å²) < 4.78 is 63.9. The molecule has 0 aliphatic rings. The zero-order valence-electron chi connectivity index (χ0n) is 10.4. The van der Waals surface area contributed by atoms with E-state index in [1.165, 1.54) is 12.1 Å². The quantitative estimate of drug-likeness (QED) is 0.444. The van der Waals surface area contributed by atoms with Gasteiger partial charge >= 0.3 is 6.18 Å². The van der Waals surface area contributed by atoms with Crippen molar-refractivity contribution >= 4 is 5.69 Å². The molecule has 0 aliphatic heterocycles. The minimum atomic E-state index is -4.69. The zero-order valence-corrected chi connectivity index (χ0v) is 10.4. The highest BCUT2D eigenvalue weighted by Gasteiger charge is 2.32. The third kappa shape index (κ3) is 3.51. The number of anilines is 1. The predicted molar refractivity (Wildman–Crippen MR) is 68.2 cm³/mol. The molecule has 0 atom stereocenters. The van der Waals surface area contributed by atoms with Crippen LogP contribution in [0.3, 0.4) is 0 Å². The van der Waals surface area contributed by atoms with Gasteiger partial charge in [0, 0.05) is 5.56 Å². The molecule has 0 saturated heterocycles. The highest BCUT2D eigenvalue weighted by Crippen LogP contribution is 2.32. The van der Waals surface area contributed by atoms with Crippen LogP contribution < -0.4 is 5.73 Å². The van der Waals surface area contributed by atoms with E-state index in [0.717, 1.165) is 12.1 Å². The lowest BCUT2D eigenvalue weighted by atomic mass is 10.1. The lowest BCUT2D eigenvalue weighted by Crippen LogP contribution is -2.08. The molecule has 0 radical (unpaired) electrons. The summed E-state index contributed by atoms with van der Waals surface area (Å²) in [5.41, 5.74) is 3.85. The monoisotopic (exact) mass is 297 g/mol. The van der Waals surface area contributed by atoms with Gasteiger partial charge < -0.3 is 5.73 Å². The predicted octanol–water partition coefficient (Wildman–Crippen LogP) is 3.97. The van der Waals surface area contributed by atoms with Gasteiger partial charge in [0.05, 0.1) is 16.8 Å². The third-order valence-electron chi connectivity index (χ3n) is 2.64. The number of hydrogen-bond acceptors (Lipinski definition) is 1. The molecule has 2 N–H and O–H groups in total. The summed E-state index contributed by atoms with van der Waals surface area (Å²) in [6.45, 7) is 0. The van der Waals surface area contributed by atoms with E-state index in [-0.39, 0.29) is 5.56 Å². The highest BCUT2D eigenvalue weighted by molar-refractivity contribution is 5.59. The van der Waals surface area contributed by atoms with Crippen LogP contribution in [-0.4, -0.2) is 0 Å². The molecule has 2 rings (SSSR count). The lowest BCUT2D eigenvalue weighted by Gasteiger charge is -2.09. The Hall–Kier alpha value is -2.55. The van der Waals surface area contributed by atoms with Crippen molar-refractivity contribution in [1.29, 1.82) is 0 Å². The van der Waals surface area contributed by atoms with Gasteiger partial charge in [-0.05, 0) is 36.4 Å². The normalized spacial score (nSPS) is 10.9. The van der Waals surface area contributed by atoms with E-state index in [0.29, 0.717) is 17.7 Å². The standard InChI is InChI=1S/C15H8F5N/c16-12-5-2-9(3-6-12)1-4-10-7-11(15(18,19)20)8-13(17)14(10)21/h2-3,5-8H,21H2. The second-order valence-electron chi connectivity index (χ2n) is 4.17. The van der Waals surface area contributed by atoms with E-state index in [9.17, 15) is 22.0 Å². The van der Waals surface area contributed by atoms with Gasteiger partial charge in [0.1, 0.15) is 11.6 Å². The zero-order chi connectivity index (χ0) is 15.6. The van der Waals surface area contributed by atoms with Crippen LogP contribution >= 0.6 is 0 Å². The first-order chi connectivity index (χ1) is 9.77. The fourth-order valence-corrected chi connectivity index (χ4v) is 1.56. The Morgan fingerprint density at radius 1 is 0.905 bits per heavy atom. The summed E-state index contributed by atoms with van der Waals surface area (Å²) in [6.07, 6.45) is -4.69. The average Bonchev–Trinajstić information content (AvgIpc) is 2.41. The molecule has 2 aromatic carbocycles. The number of nitrogens with two attached hydrogens (primary N) is 1. The van der Waals surface area contributed by atoms with Crippen LogP contribution in [-0.2, 0) is 6.18 Å². The first kappa shape index (κ1) is 14.9. The van der Waals surface area contributed by atoms with Crippen molar-refractivity contribution in [3.63, 3.8) is 0 Å². The molecule has 0 saturated carbocycles. The van der Waals surface area contributed by atoms with Crippen LogP contribution in [0.2, 0.25) is 0 Å². The Bertz CT molecular complexity index is 721. The highest BCUT2D eigenvalue weighted by atomic mass is 19.4. The van der Waals surface area contributed by atoms with Gasteiger partial charge in [-0.25, -0.2) is 8.78 Å². The first-order valence-corrected chi connectivity index (χ1v) is 5.71. The van der Waals surface area contributed by atoms with Gasteiger partial charge in [0.2, 0.25) is 0 Å². The molecule has 2 aromatic rings. The molecule has 0 aliphatic carbocycles. The topological polar surface area (TPSA) is 26.0 Å². The lowest BCUT2D eigenvalue weighted by molar-refractivity contribution is -0.137. The van der Waals surface area contributed by atoms with Gasteiger partial charge in [-0.2, -0.15) is 13.2 Å². The third-order valence-corrected chi connectivity index (χ3v) is 2.64. The van der Waals surface area contributed by atoms with Crippen LogP contribution in [0.15, 0.2) is 36.4 Å². The molecular weight excluding hydrogens is 289 g/mol. The number of alkyl halides is 3. The Labute approximate surface area is 117 Å². The smallest absolute Gasteiger partial charge is 0.395 e. The van der Waals surface area contributed by atoms with Crippen molar-refractivity contribution in [2.45, 2.75) is 6.18 Å². The maximum absolute atomic E-state index is 13.4. The molecule has 6 heteroatoms. The Morgan fingerprint density at radius 2 is 1.52 bits per heavy atom. The van der Waals surface area contributed by atoms with E-state index in [1.54, 1.807) is 0 Å². The van der Waals surface area contributed by atoms with Crippen molar-refractivity contribution in [3.05, 3.63) is 64.7 Å². The second kappa shape index (κ2) is 5.44. The summed E-state index contributed by atoms with van der Waals surface area (Å²) in [4.78, 5) is 0. The van der Waals surface area contributed by atoms with Crippen LogP contribution in [0, 0.1) is 23.5 Å². The maximum Gasteiger partial charge on any atom is 0.416 e. The summed E-state index contributed by atoms with van der Waals surface area (Å²) in [7, 11) is 0. The molecule has 1 nitrogen and oxygen atoms in total. The average molecular weight is 297 g/mol. The molecule has 0 aromatic heterocycles. The van der Waals surface area contributed by atoms with Crippen molar-refractivity contribution in [2.75, 3.05) is 5.73 Å². The molecule has 0 amide bonds. The Morgan fingerprint density at radius 3 is 2.10 bits per heavy atom. The van der Waals surface area contributed by atoms with E-state index in [4.69, 9.17) is 5.73 Å². The van der Waals surface area contributed by atoms with Crippen LogP contribution in [0.25, 0.3) is 0 Å². The molecule has 0 heterocycles. The van der Waals surface area contributed by atoms with Crippen LogP contribution in [0.5, 0.6) is 0 Å². The number of hydrogen-bond donors (Lipinski definition) is 1. The maximum atomic E-state index is 13.4. The van der Waals surface area contributed by atoms with Crippen LogP contribution in [0.4, 0.5) is 27.6 Å².